The maximum absolute atomic E-state index is 11.6. The smallest absolute Gasteiger partial charge is 0.305 e. The van der Waals surface area contributed by atoms with Gasteiger partial charge in [-0.15, -0.1) is 0 Å². The summed E-state index contributed by atoms with van der Waals surface area (Å²) in [4.78, 5) is 56.9. The first-order valence-corrected chi connectivity index (χ1v) is 18.1. The normalized spacial score (nSPS) is 27.9. The Morgan fingerprint density at radius 1 is 0.547 bits per heavy atom. The van der Waals surface area contributed by atoms with Crippen molar-refractivity contribution in [3.05, 3.63) is 71.8 Å². The lowest BCUT2D eigenvalue weighted by Gasteiger charge is -2.43. The topological polar surface area (TPSA) is 168 Å². The predicted molar refractivity (Wildman–Crippen MR) is 191 cm³/mol. The Morgan fingerprint density at radius 3 is 1.36 bits per heavy atom. The average Bonchev–Trinajstić information content (AvgIpc) is 3.09. The molecule has 2 saturated heterocycles. The molecule has 0 bridgehead atoms. The summed E-state index contributed by atoms with van der Waals surface area (Å²) in [5, 5.41) is -0.547. The van der Waals surface area contributed by atoms with Gasteiger partial charge in [-0.2, -0.15) is 0 Å². The van der Waals surface area contributed by atoms with Gasteiger partial charge in [0.25, 0.3) is 0 Å². The minimum atomic E-state index is -1.17. The molecule has 0 aromatic heterocycles. The molecule has 2 heterocycles. The first-order chi connectivity index (χ1) is 25.2. The molecule has 0 spiro atoms. The van der Waals surface area contributed by atoms with Crippen LogP contribution >= 0.6 is 15.9 Å². The van der Waals surface area contributed by atoms with E-state index in [2.05, 4.69) is 15.9 Å². The Bertz CT molecular complexity index is 1470. The number of ether oxygens (including phenoxy) is 9. The molecule has 0 radical (unpaired) electrons. The summed E-state index contributed by atoms with van der Waals surface area (Å²) < 4.78 is 49.9. The van der Waals surface area contributed by atoms with Gasteiger partial charge in [-0.25, -0.2) is 0 Å². The van der Waals surface area contributed by atoms with Crippen molar-refractivity contribution in [1.29, 1.82) is 0 Å². The number of hydrogen-bond acceptors (Lipinski definition) is 14. The van der Waals surface area contributed by atoms with Crippen LogP contribution in [0.1, 0.15) is 59.6 Å². The van der Waals surface area contributed by atoms with Gasteiger partial charge in [0, 0.05) is 46.5 Å². The molecule has 0 amide bonds. The van der Waals surface area contributed by atoms with E-state index in [-0.39, 0.29) is 43.7 Å². The van der Waals surface area contributed by atoms with Gasteiger partial charge in [-0.3, -0.25) is 24.0 Å². The molecule has 2 fully saturated rings. The largest absolute Gasteiger partial charge is 0.463 e. The summed E-state index contributed by atoms with van der Waals surface area (Å²) in [6, 6.07) is 19.2. The van der Waals surface area contributed by atoms with Gasteiger partial charge in [0.2, 0.25) is 6.29 Å². The number of rotatable bonds is 13. The summed E-state index contributed by atoms with van der Waals surface area (Å²) in [5.74, 6) is -2.82. The molecule has 2 aliphatic heterocycles. The van der Waals surface area contributed by atoms with Crippen LogP contribution in [0.3, 0.4) is 0 Å². The highest BCUT2D eigenvalue weighted by Gasteiger charge is 2.49. The highest BCUT2D eigenvalue weighted by molar-refractivity contribution is 9.09. The van der Waals surface area contributed by atoms with Crippen molar-refractivity contribution in [3.63, 3.8) is 0 Å². The van der Waals surface area contributed by atoms with Crippen molar-refractivity contribution < 1.29 is 66.6 Å². The number of carbonyl (C=O) groups excluding carboxylic acids is 5. The average molecular weight is 810 g/mol. The Kier molecular flexibility index (Phi) is 17.8. The Labute approximate surface area is 318 Å². The minimum Gasteiger partial charge on any atom is -0.463 e. The van der Waals surface area contributed by atoms with E-state index in [1.54, 1.807) is 0 Å². The lowest BCUT2D eigenvalue weighted by molar-refractivity contribution is -0.291. The molecule has 10 atom stereocenters. The molecule has 2 aliphatic rings. The van der Waals surface area contributed by atoms with Crippen LogP contribution in [0, 0.1) is 11.8 Å². The zero-order chi connectivity index (χ0) is 39.1. The fourth-order valence-electron chi connectivity index (χ4n) is 5.76. The van der Waals surface area contributed by atoms with Crippen LogP contribution < -0.4 is 0 Å². The molecule has 0 saturated carbocycles. The van der Waals surface area contributed by atoms with E-state index >= 15 is 0 Å². The summed E-state index contributed by atoms with van der Waals surface area (Å²) >= 11 is 3.40. The van der Waals surface area contributed by atoms with Crippen LogP contribution in [-0.4, -0.2) is 91.0 Å². The van der Waals surface area contributed by atoms with Gasteiger partial charge < -0.3 is 42.6 Å². The van der Waals surface area contributed by atoms with E-state index < -0.39 is 65.7 Å². The number of halogens is 1. The van der Waals surface area contributed by atoms with Crippen molar-refractivity contribution in [2.75, 3.05) is 13.2 Å². The molecular weight excluding hydrogens is 760 g/mol. The zero-order valence-corrected chi connectivity index (χ0v) is 32.6. The van der Waals surface area contributed by atoms with Crippen LogP contribution in [0.4, 0.5) is 0 Å². The summed E-state index contributed by atoms with van der Waals surface area (Å²) in [5.41, 5.74) is 1.95. The first kappa shape index (κ1) is 43.5. The summed E-state index contributed by atoms with van der Waals surface area (Å²) in [6.45, 7) is 11.0. The van der Waals surface area contributed by atoms with Crippen molar-refractivity contribution in [2.24, 2.45) is 11.8 Å². The third-order valence-electron chi connectivity index (χ3n) is 8.36. The quantitative estimate of drug-likeness (QED) is 0.154. The molecule has 10 unspecified atom stereocenters. The van der Waals surface area contributed by atoms with E-state index in [1.807, 2.05) is 74.5 Å². The van der Waals surface area contributed by atoms with Gasteiger partial charge in [-0.1, -0.05) is 90.4 Å². The molecule has 15 heteroatoms. The van der Waals surface area contributed by atoms with E-state index in [0.29, 0.717) is 6.61 Å². The van der Waals surface area contributed by atoms with Crippen LogP contribution in [0.2, 0.25) is 0 Å². The Morgan fingerprint density at radius 2 is 0.943 bits per heavy atom. The van der Waals surface area contributed by atoms with E-state index in [1.165, 1.54) is 34.6 Å². The van der Waals surface area contributed by atoms with Gasteiger partial charge in [0.1, 0.15) is 31.5 Å². The lowest BCUT2D eigenvalue weighted by atomic mass is 9.90. The van der Waals surface area contributed by atoms with Gasteiger partial charge in [-0.05, 0) is 11.1 Å². The maximum atomic E-state index is 11.6. The molecule has 2 aromatic carbocycles. The van der Waals surface area contributed by atoms with E-state index in [0.717, 1.165) is 11.1 Å². The highest BCUT2D eigenvalue weighted by Crippen LogP contribution is 2.34. The number of benzene rings is 2. The molecule has 2 aromatic rings. The van der Waals surface area contributed by atoms with E-state index in [4.69, 9.17) is 42.6 Å². The Hall–Kier alpha value is -3.89. The van der Waals surface area contributed by atoms with Crippen LogP contribution in [0.15, 0.2) is 60.7 Å². The number of esters is 5. The zero-order valence-electron chi connectivity index (χ0n) is 31.0. The molecule has 4 rings (SSSR count). The second-order valence-electron chi connectivity index (χ2n) is 12.7. The van der Waals surface area contributed by atoms with Crippen LogP contribution in [0.25, 0.3) is 0 Å². The fraction of sp³-hybridized carbons (Fsp3) is 0.553. The van der Waals surface area contributed by atoms with Crippen molar-refractivity contribution >= 4 is 45.8 Å². The summed E-state index contributed by atoms with van der Waals surface area (Å²) in [7, 11) is 0. The molecule has 292 valence electrons. The van der Waals surface area contributed by atoms with Gasteiger partial charge in [0.05, 0.1) is 19.3 Å². The highest BCUT2D eigenvalue weighted by atomic mass is 79.9. The first-order valence-electron chi connectivity index (χ1n) is 17.2. The summed E-state index contributed by atoms with van der Waals surface area (Å²) in [6.07, 6.45) is -4.70. The monoisotopic (exact) mass is 808 g/mol. The maximum Gasteiger partial charge on any atom is 0.305 e. The standard InChI is InChI=1S/C20H26O8.C18H23BrO6/c1-12-17(11-24-13(2)21)28-20(27-15(4)23)19(26-14(3)22)18(12)25-10-16-8-6-5-7-9-16;1-11-15(10-22-12(2)20)25-18(19)17(24-13(3)21)16(11)23-9-14-7-5-4-6-8-14/h5-9,12,17-20H,10-11H2,1-4H3;4-8,11,15-18H,9-10H2,1-3H3. The molecule has 0 aliphatic carbocycles. The number of carbonyl (C=O) groups is 5. The predicted octanol–water partition coefficient (Wildman–Crippen LogP) is 4.81. The minimum absolute atomic E-state index is 0.0355. The van der Waals surface area contributed by atoms with Crippen molar-refractivity contribution in [2.45, 2.75) is 110 Å². The van der Waals surface area contributed by atoms with Crippen LogP contribution in [-0.2, 0) is 79.8 Å². The second kappa shape index (κ2) is 21.7. The second-order valence-corrected chi connectivity index (χ2v) is 13.6. The molecule has 0 N–H and O–H groups in total. The molecular formula is C38H49BrO14. The third-order valence-corrected chi connectivity index (χ3v) is 9.09. The number of alkyl halides is 1. The molecule has 14 nitrogen and oxygen atoms in total. The molecule has 53 heavy (non-hydrogen) atoms. The van der Waals surface area contributed by atoms with E-state index in [9.17, 15) is 24.0 Å². The van der Waals surface area contributed by atoms with Gasteiger partial charge in [0.15, 0.2) is 17.2 Å². The Balaban J connectivity index is 0.000000287. The van der Waals surface area contributed by atoms with Crippen molar-refractivity contribution in [1.82, 2.24) is 0 Å². The van der Waals surface area contributed by atoms with Crippen LogP contribution in [0.5, 0.6) is 0 Å². The van der Waals surface area contributed by atoms with Gasteiger partial charge >= 0.3 is 29.8 Å². The lowest BCUT2D eigenvalue weighted by Crippen LogP contribution is -2.58. The van der Waals surface area contributed by atoms with Crippen molar-refractivity contribution in [3.8, 4) is 0 Å². The number of hydrogen-bond donors (Lipinski definition) is 0. The third kappa shape index (κ3) is 14.5. The fourth-order valence-corrected chi connectivity index (χ4v) is 6.45. The SMILES string of the molecule is CC(=O)OCC1OC(Br)C(OC(C)=O)C(OCc2ccccc2)C1C.CC(=O)OCC1OC(OC(C)=O)C(OC(C)=O)C(OCc2ccccc2)C1C.